The predicted octanol–water partition coefficient (Wildman–Crippen LogP) is 2.24. The average Bonchev–Trinajstić information content (AvgIpc) is 2.27. The number of ether oxygens (including phenoxy) is 1. The largest absolute Gasteiger partial charge is 0.491 e. The van der Waals surface area contributed by atoms with Crippen molar-refractivity contribution < 1.29 is 9.84 Å². The summed E-state index contributed by atoms with van der Waals surface area (Å²) in [6.07, 6.45) is 0.337. The van der Waals surface area contributed by atoms with Crippen molar-refractivity contribution >= 4 is 0 Å². The van der Waals surface area contributed by atoms with Crippen LogP contribution >= 0.6 is 0 Å². The summed E-state index contributed by atoms with van der Waals surface area (Å²) in [5.74, 6) is 0.830. The molecule has 0 spiro atoms. The standard InChI is InChI=1S/C13H21NO2/c1-4-12(15)13(14)10-5-7-11(8-6-10)16-9(2)3/h5-9,12-13,15H,4,14H2,1-3H3. The van der Waals surface area contributed by atoms with Gasteiger partial charge >= 0.3 is 0 Å². The molecule has 3 nitrogen and oxygen atoms in total. The molecule has 1 aromatic carbocycles. The SMILES string of the molecule is CCC(O)C(N)c1ccc(OC(C)C)cc1. The summed E-state index contributed by atoms with van der Waals surface area (Å²) in [4.78, 5) is 0. The van der Waals surface area contributed by atoms with Crippen LogP contribution in [-0.4, -0.2) is 17.3 Å². The van der Waals surface area contributed by atoms with E-state index in [1.165, 1.54) is 0 Å². The van der Waals surface area contributed by atoms with Crippen LogP contribution in [0.1, 0.15) is 38.8 Å². The predicted molar refractivity (Wildman–Crippen MR) is 65.4 cm³/mol. The minimum Gasteiger partial charge on any atom is -0.491 e. The number of aliphatic hydroxyl groups is 1. The first kappa shape index (κ1) is 13.0. The summed E-state index contributed by atoms with van der Waals surface area (Å²) in [6.45, 7) is 5.89. The summed E-state index contributed by atoms with van der Waals surface area (Å²) in [5, 5.41) is 9.64. The molecule has 0 bridgehead atoms. The number of rotatable bonds is 5. The molecule has 0 aromatic heterocycles. The van der Waals surface area contributed by atoms with Gasteiger partial charge in [-0.05, 0) is 38.0 Å². The summed E-state index contributed by atoms with van der Waals surface area (Å²) in [6, 6.07) is 7.26. The molecule has 0 radical (unpaired) electrons. The van der Waals surface area contributed by atoms with Crippen LogP contribution in [0.25, 0.3) is 0 Å². The van der Waals surface area contributed by atoms with E-state index in [-0.39, 0.29) is 12.1 Å². The Morgan fingerprint density at radius 3 is 2.25 bits per heavy atom. The van der Waals surface area contributed by atoms with Crippen molar-refractivity contribution in [2.45, 2.75) is 45.4 Å². The first-order chi connectivity index (χ1) is 7.54. The third kappa shape index (κ3) is 3.51. The maximum Gasteiger partial charge on any atom is 0.119 e. The minimum atomic E-state index is -0.489. The number of hydrogen-bond acceptors (Lipinski definition) is 3. The highest BCUT2D eigenvalue weighted by molar-refractivity contribution is 5.29. The van der Waals surface area contributed by atoms with Crippen molar-refractivity contribution in [3.8, 4) is 5.75 Å². The van der Waals surface area contributed by atoms with Gasteiger partial charge in [-0.15, -0.1) is 0 Å². The topological polar surface area (TPSA) is 55.5 Å². The van der Waals surface area contributed by atoms with Gasteiger partial charge in [-0.3, -0.25) is 0 Å². The molecule has 0 saturated heterocycles. The van der Waals surface area contributed by atoms with Gasteiger partial charge in [0.2, 0.25) is 0 Å². The molecule has 0 heterocycles. The molecule has 2 atom stereocenters. The molecule has 3 N–H and O–H groups in total. The fourth-order valence-corrected chi connectivity index (χ4v) is 1.52. The third-order valence-corrected chi connectivity index (χ3v) is 2.47. The monoisotopic (exact) mass is 223 g/mol. The Hall–Kier alpha value is -1.06. The minimum absolute atomic E-state index is 0.167. The Morgan fingerprint density at radius 1 is 1.25 bits per heavy atom. The zero-order valence-electron chi connectivity index (χ0n) is 10.2. The molecule has 0 aliphatic heterocycles. The number of aliphatic hydroxyl groups excluding tert-OH is 1. The third-order valence-electron chi connectivity index (χ3n) is 2.47. The molecule has 3 heteroatoms. The van der Waals surface area contributed by atoms with Gasteiger partial charge in [0.05, 0.1) is 18.2 Å². The fourth-order valence-electron chi connectivity index (χ4n) is 1.52. The maximum absolute atomic E-state index is 9.64. The van der Waals surface area contributed by atoms with Gasteiger partial charge in [-0.1, -0.05) is 19.1 Å². The zero-order valence-corrected chi connectivity index (χ0v) is 10.2. The van der Waals surface area contributed by atoms with Crippen LogP contribution in [0.5, 0.6) is 5.75 Å². The Labute approximate surface area is 97.2 Å². The Bertz CT molecular complexity index is 308. The zero-order chi connectivity index (χ0) is 12.1. The maximum atomic E-state index is 9.64. The van der Waals surface area contributed by atoms with Crippen LogP contribution in [0.4, 0.5) is 0 Å². The van der Waals surface area contributed by atoms with E-state index in [2.05, 4.69) is 0 Å². The lowest BCUT2D eigenvalue weighted by Gasteiger charge is -2.18. The second-order valence-corrected chi connectivity index (χ2v) is 4.24. The van der Waals surface area contributed by atoms with Crippen molar-refractivity contribution in [1.82, 2.24) is 0 Å². The molecular weight excluding hydrogens is 202 g/mol. The molecule has 0 fully saturated rings. The van der Waals surface area contributed by atoms with E-state index in [9.17, 15) is 5.11 Å². The second-order valence-electron chi connectivity index (χ2n) is 4.24. The van der Waals surface area contributed by atoms with Crippen molar-refractivity contribution in [1.29, 1.82) is 0 Å². The first-order valence-corrected chi connectivity index (χ1v) is 5.74. The molecule has 0 aliphatic carbocycles. The lowest BCUT2D eigenvalue weighted by Crippen LogP contribution is -2.25. The molecule has 16 heavy (non-hydrogen) atoms. The van der Waals surface area contributed by atoms with Crippen LogP contribution in [0.3, 0.4) is 0 Å². The van der Waals surface area contributed by atoms with Gasteiger partial charge in [0.1, 0.15) is 5.75 Å². The van der Waals surface area contributed by atoms with Crippen LogP contribution < -0.4 is 10.5 Å². The van der Waals surface area contributed by atoms with Gasteiger partial charge < -0.3 is 15.6 Å². The van der Waals surface area contributed by atoms with E-state index in [0.717, 1.165) is 11.3 Å². The van der Waals surface area contributed by atoms with Crippen molar-refractivity contribution in [3.05, 3.63) is 29.8 Å². The normalized spacial score (nSPS) is 14.9. The highest BCUT2D eigenvalue weighted by atomic mass is 16.5. The van der Waals surface area contributed by atoms with Crippen molar-refractivity contribution in [3.63, 3.8) is 0 Å². The van der Waals surface area contributed by atoms with Crippen LogP contribution in [-0.2, 0) is 0 Å². The van der Waals surface area contributed by atoms with E-state index in [4.69, 9.17) is 10.5 Å². The molecule has 0 amide bonds. The summed E-state index contributed by atoms with van der Waals surface area (Å²) < 4.78 is 5.53. The van der Waals surface area contributed by atoms with Gasteiger partial charge in [0, 0.05) is 0 Å². The fraction of sp³-hybridized carbons (Fsp3) is 0.538. The number of nitrogens with two attached hydrogens (primary N) is 1. The van der Waals surface area contributed by atoms with E-state index in [1.54, 1.807) is 0 Å². The number of benzene rings is 1. The smallest absolute Gasteiger partial charge is 0.119 e. The van der Waals surface area contributed by atoms with E-state index >= 15 is 0 Å². The lowest BCUT2D eigenvalue weighted by molar-refractivity contribution is 0.140. The van der Waals surface area contributed by atoms with Crippen LogP contribution in [0, 0.1) is 0 Å². The molecule has 2 unspecified atom stereocenters. The van der Waals surface area contributed by atoms with Gasteiger partial charge in [0.25, 0.3) is 0 Å². The van der Waals surface area contributed by atoms with Crippen molar-refractivity contribution in [2.75, 3.05) is 0 Å². The molecular formula is C13H21NO2. The Kier molecular flexibility index (Phi) is 4.77. The quantitative estimate of drug-likeness (QED) is 0.805. The lowest BCUT2D eigenvalue weighted by atomic mass is 10.0. The summed E-state index contributed by atoms with van der Waals surface area (Å²) in [5.41, 5.74) is 6.85. The average molecular weight is 223 g/mol. The first-order valence-electron chi connectivity index (χ1n) is 5.74. The van der Waals surface area contributed by atoms with Crippen molar-refractivity contribution in [2.24, 2.45) is 5.73 Å². The van der Waals surface area contributed by atoms with Gasteiger partial charge in [-0.25, -0.2) is 0 Å². The number of hydrogen-bond donors (Lipinski definition) is 2. The second kappa shape index (κ2) is 5.87. The molecule has 1 rings (SSSR count). The van der Waals surface area contributed by atoms with Crippen LogP contribution in [0.15, 0.2) is 24.3 Å². The van der Waals surface area contributed by atoms with E-state index < -0.39 is 6.10 Å². The van der Waals surface area contributed by atoms with Gasteiger partial charge in [0.15, 0.2) is 0 Å². The van der Waals surface area contributed by atoms with Crippen LogP contribution in [0.2, 0.25) is 0 Å². The highest BCUT2D eigenvalue weighted by Crippen LogP contribution is 2.20. The van der Waals surface area contributed by atoms with E-state index in [1.807, 2.05) is 45.0 Å². The summed E-state index contributed by atoms with van der Waals surface area (Å²) >= 11 is 0. The molecule has 0 saturated carbocycles. The Balaban J connectivity index is 2.70. The summed E-state index contributed by atoms with van der Waals surface area (Å²) in [7, 11) is 0. The molecule has 1 aromatic rings. The molecule has 90 valence electrons. The molecule has 0 aliphatic rings. The highest BCUT2D eigenvalue weighted by Gasteiger charge is 2.14. The Morgan fingerprint density at radius 2 is 1.81 bits per heavy atom. The van der Waals surface area contributed by atoms with E-state index in [0.29, 0.717) is 6.42 Å². The van der Waals surface area contributed by atoms with Gasteiger partial charge in [-0.2, -0.15) is 0 Å².